The summed E-state index contributed by atoms with van der Waals surface area (Å²) in [7, 11) is -1.13. The lowest BCUT2D eigenvalue weighted by atomic mass is 10.4. The highest BCUT2D eigenvalue weighted by molar-refractivity contribution is 7.90. The monoisotopic (exact) mass is 284 g/mol. The van der Waals surface area contributed by atoms with Crippen LogP contribution in [0.25, 0.3) is 0 Å². The Hall–Kier alpha value is -1.21. The number of sulfone groups is 1. The Bertz CT molecular complexity index is 528. The molecule has 0 atom stereocenters. The first kappa shape index (κ1) is 14.2. The van der Waals surface area contributed by atoms with Crippen LogP contribution in [0.5, 0.6) is 0 Å². The molecule has 0 saturated heterocycles. The molecule has 1 aliphatic carbocycles. The predicted molar refractivity (Wildman–Crippen MR) is 74.9 cm³/mol. The van der Waals surface area contributed by atoms with Gasteiger partial charge in [0.15, 0.2) is 0 Å². The maximum Gasteiger partial charge on any atom is 0.149 e. The smallest absolute Gasteiger partial charge is 0.149 e. The Labute approximate surface area is 114 Å². The van der Waals surface area contributed by atoms with Crippen molar-refractivity contribution in [2.45, 2.75) is 25.4 Å². The second-order valence-corrected chi connectivity index (χ2v) is 7.33. The topological polar surface area (TPSA) is 75.2 Å². The molecule has 1 saturated carbocycles. The second kappa shape index (κ2) is 5.83. The largest absolute Gasteiger partial charge is 0.357 e. The van der Waals surface area contributed by atoms with Gasteiger partial charge in [0.05, 0.1) is 17.6 Å². The van der Waals surface area contributed by atoms with Crippen molar-refractivity contribution in [3.8, 4) is 0 Å². The Morgan fingerprint density at radius 3 is 2.79 bits per heavy atom. The molecule has 19 heavy (non-hydrogen) atoms. The van der Waals surface area contributed by atoms with Crippen LogP contribution >= 0.6 is 0 Å². The van der Waals surface area contributed by atoms with Crippen molar-refractivity contribution in [2.24, 2.45) is 0 Å². The zero-order chi connectivity index (χ0) is 13.9. The summed E-state index contributed by atoms with van der Waals surface area (Å²) < 4.78 is 22.3. The van der Waals surface area contributed by atoms with Crippen molar-refractivity contribution in [3.05, 3.63) is 18.1 Å². The van der Waals surface area contributed by atoms with Crippen LogP contribution in [0.4, 0.5) is 5.82 Å². The maximum atomic E-state index is 11.1. The van der Waals surface area contributed by atoms with E-state index in [4.69, 9.17) is 0 Å². The maximum absolute atomic E-state index is 11.1. The molecule has 0 radical (unpaired) electrons. The van der Waals surface area contributed by atoms with E-state index in [1.807, 2.05) is 11.9 Å². The summed E-state index contributed by atoms with van der Waals surface area (Å²) in [6, 6.07) is 0.633. The lowest BCUT2D eigenvalue weighted by molar-refractivity contribution is 0.601. The van der Waals surface area contributed by atoms with E-state index in [2.05, 4.69) is 15.3 Å². The molecule has 0 bridgehead atoms. The molecule has 1 fully saturated rings. The zero-order valence-corrected chi connectivity index (χ0v) is 12.2. The molecule has 1 heterocycles. The molecular formula is C12H20N4O2S. The number of anilines is 1. The van der Waals surface area contributed by atoms with E-state index in [-0.39, 0.29) is 5.75 Å². The standard InChI is InChI=1S/C12H20N4O2S/c1-16(5-6-19(2,17)18)12-9-13-7-11(15-12)8-14-10-3-4-10/h7,9-10,14H,3-6,8H2,1-2H3. The quantitative estimate of drug-likeness (QED) is 0.771. The number of nitrogens with one attached hydrogen (secondary N) is 1. The van der Waals surface area contributed by atoms with Gasteiger partial charge in [-0.25, -0.2) is 13.4 Å². The first-order chi connectivity index (χ1) is 8.94. The lowest BCUT2D eigenvalue weighted by Gasteiger charge is -2.17. The first-order valence-electron chi connectivity index (χ1n) is 6.37. The molecule has 1 aliphatic rings. The van der Waals surface area contributed by atoms with Crippen LogP contribution in [0.2, 0.25) is 0 Å². The molecule has 0 aliphatic heterocycles. The fourth-order valence-corrected chi connectivity index (χ4v) is 2.22. The van der Waals surface area contributed by atoms with E-state index in [1.54, 1.807) is 12.4 Å². The van der Waals surface area contributed by atoms with Gasteiger partial charge in [-0.1, -0.05) is 0 Å². The highest BCUT2D eigenvalue weighted by Gasteiger charge is 2.20. The molecule has 0 unspecified atom stereocenters. The molecule has 6 nitrogen and oxygen atoms in total. The van der Waals surface area contributed by atoms with Gasteiger partial charge in [-0.05, 0) is 12.8 Å². The summed E-state index contributed by atoms with van der Waals surface area (Å²) >= 11 is 0. The summed E-state index contributed by atoms with van der Waals surface area (Å²) in [5.74, 6) is 0.828. The third-order valence-electron chi connectivity index (χ3n) is 3.01. The van der Waals surface area contributed by atoms with Crippen LogP contribution in [0.1, 0.15) is 18.5 Å². The van der Waals surface area contributed by atoms with Crippen LogP contribution < -0.4 is 10.2 Å². The van der Waals surface area contributed by atoms with Crippen LogP contribution in [-0.2, 0) is 16.4 Å². The summed E-state index contributed by atoms with van der Waals surface area (Å²) in [5.41, 5.74) is 0.885. The predicted octanol–water partition coefficient (Wildman–Crippen LogP) is 0.209. The summed E-state index contributed by atoms with van der Waals surface area (Å²) in [5, 5.41) is 3.38. The van der Waals surface area contributed by atoms with E-state index in [1.165, 1.54) is 19.1 Å². The molecule has 0 amide bonds. The van der Waals surface area contributed by atoms with Crippen LogP contribution in [-0.4, -0.2) is 50.0 Å². The van der Waals surface area contributed by atoms with Gasteiger partial charge in [0.2, 0.25) is 0 Å². The molecule has 1 aromatic heterocycles. The Morgan fingerprint density at radius 1 is 1.42 bits per heavy atom. The minimum absolute atomic E-state index is 0.121. The molecule has 2 rings (SSSR count). The Balaban J connectivity index is 1.92. The van der Waals surface area contributed by atoms with E-state index < -0.39 is 9.84 Å². The van der Waals surface area contributed by atoms with Crippen LogP contribution in [0.15, 0.2) is 12.4 Å². The molecular weight excluding hydrogens is 264 g/mol. The van der Waals surface area contributed by atoms with Gasteiger partial charge in [0, 0.05) is 38.6 Å². The molecule has 0 aromatic carbocycles. The van der Waals surface area contributed by atoms with Crippen molar-refractivity contribution >= 4 is 15.7 Å². The average molecular weight is 284 g/mol. The highest BCUT2D eigenvalue weighted by Crippen LogP contribution is 2.19. The van der Waals surface area contributed by atoms with Crippen molar-refractivity contribution in [3.63, 3.8) is 0 Å². The molecule has 7 heteroatoms. The van der Waals surface area contributed by atoms with Crippen molar-refractivity contribution in [1.82, 2.24) is 15.3 Å². The molecule has 106 valence electrons. The summed E-state index contributed by atoms with van der Waals surface area (Å²) in [6.07, 6.45) is 7.11. The fraction of sp³-hybridized carbons (Fsp3) is 0.667. The van der Waals surface area contributed by atoms with Gasteiger partial charge < -0.3 is 10.2 Å². The second-order valence-electron chi connectivity index (χ2n) is 5.08. The Morgan fingerprint density at radius 2 is 2.16 bits per heavy atom. The third kappa shape index (κ3) is 5.12. The number of hydrogen-bond donors (Lipinski definition) is 1. The fourth-order valence-electron chi connectivity index (χ4n) is 1.62. The molecule has 1 aromatic rings. The number of rotatable bonds is 7. The van der Waals surface area contributed by atoms with Gasteiger partial charge in [0.1, 0.15) is 15.7 Å². The normalized spacial score (nSPS) is 15.5. The van der Waals surface area contributed by atoms with Gasteiger partial charge in [-0.15, -0.1) is 0 Å². The minimum Gasteiger partial charge on any atom is -0.357 e. The number of aromatic nitrogens is 2. The number of nitrogens with zero attached hydrogens (tertiary/aromatic N) is 3. The minimum atomic E-state index is -2.95. The van der Waals surface area contributed by atoms with Gasteiger partial charge >= 0.3 is 0 Å². The van der Waals surface area contributed by atoms with E-state index in [0.717, 1.165) is 5.69 Å². The van der Waals surface area contributed by atoms with E-state index in [9.17, 15) is 8.42 Å². The molecule has 0 spiro atoms. The third-order valence-corrected chi connectivity index (χ3v) is 3.93. The van der Waals surface area contributed by atoms with Crippen LogP contribution in [0, 0.1) is 0 Å². The van der Waals surface area contributed by atoms with Crippen LogP contribution in [0.3, 0.4) is 0 Å². The zero-order valence-electron chi connectivity index (χ0n) is 11.3. The Kier molecular flexibility index (Phi) is 4.36. The van der Waals surface area contributed by atoms with Crippen molar-refractivity contribution in [1.29, 1.82) is 0 Å². The van der Waals surface area contributed by atoms with E-state index >= 15 is 0 Å². The van der Waals surface area contributed by atoms with Crippen molar-refractivity contribution in [2.75, 3.05) is 30.5 Å². The van der Waals surface area contributed by atoms with Gasteiger partial charge in [0.25, 0.3) is 0 Å². The van der Waals surface area contributed by atoms with Crippen molar-refractivity contribution < 1.29 is 8.42 Å². The average Bonchev–Trinajstić information content (AvgIpc) is 3.17. The number of hydrogen-bond acceptors (Lipinski definition) is 6. The lowest BCUT2D eigenvalue weighted by Crippen LogP contribution is -2.26. The van der Waals surface area contributed by atoms with Gasteiger partial charge in [-0.3, -0.25) is 4.98 Å². The first-order valence-corrected chi connectivity index (χ1v) is 8.43. The molecule has 1 N–H and O–H groups in total. The summed E-state index contributed by atoms with van der Waals surface area (Å²) in [4.78, 5) is 10.4. The SMILES string of the molecule is CN(CCS(C)(=O)=O)c1cncc(CNC2CC2)n1. The van der Waals surface area contributed by atoms with E-state index in [0.29, 0.717) is 24.9 Å². The van der Waals surface area contributed by atoms with Gasteiger partial charge in [-0.2, -0.15) is 0 Å². The highest BCUT2D eigenvalue weighted by atomic mass is 32.2. The summed E-state index contributed by atoms with van der Waals surface area (Å²) in [6.45, 7) is 1.14.